The number of carbonyl (C=O) groups excluding carboxylic acids is 1. The van der Waals surface area contributed by atoms with E-state index < -0.39 is 46.7 Å². The smallest absolute Gasteiger partial charge is 0.338 e. The third kappa shape index (κ3) is 8.69. The van der Waals surface area contributed by atoms with E-state index >= 15 is 4.39 Å². The molecule has 0 saturated carbocycles. The van der Waals surface area contributed by atoms with Gasteiger partial charge >= 0.3 is 5.97 Å². The van der Waals surface area contributed by atoms with Crippen LogP contribution in [0.1, 0.15) is 51.9 Å². The molecule has 8 heteroatoms. The van der Waals surface area contributed by atoms with Gasteiger partial charge in [-0.3, -0.25) is 0 Å². The molecule has 0 spiro atoms. The van der Waals surface area contributed by atoms with Gasteiger partial charge in [0.05, 0.1) is 18.3 Å². The van der Waals surface area contributed by atoms with Crippen molar-refractivity contribution in [3.8, 4) is 12.3 Å². The Kier molecular flexibility index (Phi) is 10.3. The monoisotopic (exact) mass is 522 g/mol. The molecule has 0 saturated heterocycles. The Hall–Kier alpha value is -1.77. The van der Waals surface area contributed by atoms with Gasteiger partial charge < -0.3 is 18.7 Å². The zero-order valence-corrected chi connectivity index (χ0v) is 25.0. The highest BCUT2D eigenvalue weighted by molar-refractivity contribution is 6.74. The zero-order valence-electron chi connectivity index (χ0n) is 23.0. The fraction of sp³-hybridized carbons (Fsp3) is 0.593. The van der Waals surface area contributed by atoms with Gasteiger partial charge in [0.2, 0.25) is 5.60 Å². The molecule has 0 radical (unpaired) electrons. The Morgan fingerprint density at radius 3 is 2.03 bits per heavy atom. The normalized spacial score (nSPS) is 16.3. The molecule has 1 aromatic carbocycles. The van der Waals surface area contributed by atoms with Gasteiger partial charge in [-0.25, -0.2) is 9.18 Å². The zero-order chi connectivity index (χ0) is 27.3. The van der Waals surface area contributed by atoms with Crippen molar-refractivity contribution in [2.24, 2.45) is 0 Å². The van der Waals surface area contributed by atoms with Crippen molar-refractivity contribution in [3.63, 3.8) is 0 Å². The minimum Gasteiger partial charge on any atom is -0.457 e. The molecule has 0 bridgehead atoms. The molecule has 0 aliphatic carbocycles. The Labute approximate surface area is 213 Å². The molecular weight excluding hydrogens is 479 g/mol. The minimum absolute atomic E-state index is 0.0397. The van der Waals surface area contributed by atoms with Crippen molar-refractivity contribution < 1.29 is 27.9 Å². The summed E-state index contributed by atoms with van der Waals surface area (Å²) in [6.45, 7) is 20.4. The Morgan fingerprint density at radius 2 is 1.57 bits per heavy atom. The molecule has 0 fully saturated rings. The fourth-order valence-electron chi connectivity index (χ4n) is 2.49. The first kappa shape index (κ1) is 31.3. The highest BCUT2D eigenvalue weighted by Gasteiger charge is 2.42. The molecule has 35 heavy (non-hydrogen) atoms. The largest absolute Gasteiger partial charge is 0.457 e. The summed E-state index contributed by atoms with van der Waals surface area (Å²) in [5, 5.41) is 10.7. The first-order chi connectivity index (χ1) is 15.8. The van der Waals surface area contributed by atoms with E-state index in [0.29, 0.717) is 0 Å². The van der Waals surface area contributed by atoms with Crippen LogP contribution in [0.4, 0.5) is 4.39 Å². The van der Waals surface area contributed by atoms with Crippen LogP contribution in [0.2, 0.25) is 36.3 Å². The Morgan fingerprint density at radius 1 is 1.06 bits per heavy atom. The number of hydrogen-bond acceptors (Lipinski definition) is 5. The van der Waals surface area contributed by atoms with Crippen LogP contribution in [0.15, 0.2) is 42.2 Å². The van der Waals surface area contributed by atoms with Gasteiger partial charge in [-0.2, -0.15) is 0 Å². The highest BCUT2D eigenvalue weighted by atomic mass is 28.4. The van der Waals surface area contributed by atoms with Crippen molar-refractivity contribution in [1.29, 1.82) is 0 Å². The predicted molar refractivity (Wildman–Crippen MR) is 145 cm³/mol. The molecule has 0 aliphatic rings. The summed E-state index contributed by atoms with van der Waals surface area (Å²) in [7, 11) is -4.47. The molecule has 0 amide bonds. The third-order valence-corrected chi connectivity index (χ3v) is 16.1. The van der Waals surface area contributed by atoms with E-state index in [1.54, 1.807) is 30.3 Å². The first-order valence-electron chi connectivity index (χ1n) is 11.9. The van der Waals surface area contributed by atoms with Crippen molar-refractivity contribution in [2.45, 2.75) is 89.5 Å². The number of terminal acetylenes is 1. The molecule has 0 heterocycles. The van der Waals surface area contributed by atoms with Crippen LogP contribution in [-0.4, -0.2) is 52.6 Å². The lowest BCUT2D eigenvalue weighted by Crippen LogP contribution is -2.47. The van der Waals surface area contributed by atoms with Crippen LogP contribution in [0.5, 0.6) is 0 Å². The second-order valence-electron chi connectivity index (χ2n) is 11.9. The van der Waals surface area contributed by atoms with Gasteiger partial charge in [-0.1, -0.05) is 65.7 Å². The molecule has 0 aromatic heterocycles. The standard InChI is InChI=1S/C27H43FO5Si2/c1-12-27(30,20-31-24(29)21-16-14-13-15-17-21)23(28)18-22(33-35(10,11)26(5,6)7)19-32-34(8,9)25(2,3)4/h1,13-18,22,30H,19-20H2,2-11H3/b23-18+/t22-,27+/m1/s1. The minimum atomic E-state index is -2.42. The number of ether oxygens (including phenoxy) is 1. The van der Waals surface area contributed by atoms with Gasteiger partial charge in [-0.15, -0.1) is 6.42 Å². The summed E-state index contributed by atoms with van der Waals surface area (Å²) in [6, 6.07) is 8.23. The number of aliphatic hydroxyl groups is 1. The van der Waals surface area contributed by atoms with Gasteiger partial charge in [0.15, 0.2) is 16.6 Å². The van der Waals surface area contributed by atoms with Crippen molar-refractivity contribution in [3.05, 3.63) is 47.8 Å². The van der Waals surface area contributed by atoms with Crippen LogP contribution in [0, 0.1) is 12.3 Å². The van der Waals surface area contributed by atoms with Crippen LogP contribution in [0.25, 0.3) is 0 Å². The lowest BCUT2D eigenvalue weighted by molar-refractivity contribution is 0.00661. The Bertz CT molecular complexity index is 924. The molecular formula is C27H43FO5Si2. The average molecular weight is 523 g/mol. The van der Waals surface area contributed by atoms with Gasteiger partial charge in [-0.05, 0) is 54.5 Å². The SMILES string of the molecule is C#C[C@](O)(COC(=O)c1ccccc1)/C(F)=C\[C@H](CO[Si](C)(C)C(C)(C)C)O[Si](C)(C)C(C)(C)C. The second-order valence-corrected chi connectivity index (χ2v) is 21.5. The first-order valence-corrected chi connectivity index (χ1v) is 17.7. The number of benzene rings is 1. The van der Waals surface area contributed by atoms with Gasteiger partial charge in [0.25, 0.3) is 0 Å². The second kappa shape index (κ2) is 11.5. The molecule has 1 rings (SSSR count). The summed E-state index contributed by atoms with van der Waals surface area (Å²) in [6.07, 6.45) is 5.88. The van der Waals surface area contributed by atoms with E-state index in [4.69, 9.17) is 20.0 Å². The topological polar surface area (TPSA) is 65.0 Å². The van der Waals surface area contributed by atoms with E-state index in [9.17, 15) is 9.90 Å². The maximum Gasteiger partial charge on any atom is 0.338 e. The number of esters is 1. The summed E-state index contributed by atoms with van der Waals surface area (Å²) >= 11 is 0. The van der Waals surface area contributed by atoms with Gasteiger partial charge in [0, 0.05) is 0 Å². The van der Waals surface area contributed by atoms with E-state index in [0.717, 1.165) is 0 Å². The third-order valence-electron chi connectivity index (χ3n) is 7.05. The summed E-state index contributed by atoms with van der Waals surface area (Å²) in [4.78, 5) is 12.3. The van der Waals surface area contributed by atoms with Crippen LogP contribution in [-0.2, 0) is 13.6 Å². The lowest BCUT2D eigenvalue weighted by atomic mass is 10.0. The van der Waals surface area contributed by atoms with Crippen molar-refractivity contribution in [2.75, 3.05) is 13.2 Å². The summed E-state index contributed by atoms with van der Waals surface area (Å²) in [5.74, 6) is 0.322. The predicted octanol–water partition coefficient (Wildman–Crippen LogP) is 6.47. The number of carbonyl (C=O) groups is 1. The van der Waals surface area contributed by atoms with E-state index in [1.807, 2.05) is 5.92 Å². The van der Waals surface area contributed by atoms with E-state index in [-0.39, 0.29) is 22.2 Å². The number of hydrogen-bond donors (Lipinski definition) is 1. The van der Waals surface area contributed by atoms with E-state index in [1.165, 1.54) is 6.08 Å². The van der Waals surface area contributed by atoms with Crippen LogP contribution < -0.4 is 0 Å². The molecule has 2 atom stereocenters. The highest BCUT2D eigenvalue weighted by Crippen LogP contribution is 2.39. The average Bonchev–Trinajstić information content (AvgIpc) is 2.74. The number of rotatable bonds is 10. The summed E-state index contributed by atoms with van der Waals surface area (Å²) in [5.41, 5.74) is -2.14. The van der Waals surface area contributed by atoms with Crippen LogP contribution >= 0.6 is 0 Å². The molecule has 5 nitrogen and oxygen atoms in total. The number of halogens is 1. The maximum absolute atomic E-state index is 15.4. The van der Waals surface area contributed by atoms with Crippen LogP contribution in [0.3, 0.4) is 0 Å². The molecule has 1 N–H and O–H groups in total. The molecule has 0 aliphatic heterocycles. The molecule has 0 unspecified atom stereocenters. The van der Waals surface area contributed by atoms with Crippen molar-refractivity contribution in [1.82, 2.24) is 0 Å². The maximum atomic E-state index is 15.4. The molecule has 1 aromatic rings. The molecule has 196 valence electrons. The van der Waals surface area contributed by atoms with Gasteiger partial charge in [0.1, 0.15) is 12.4 Å². The Balaban J connectivity index is 3.19. The quantitative estimate of drug-likeness (QED) is 0.217. The summed E-state index contributed by atoms with van der Waals surface area (Å²) < 4.78 is 33.4. The fourth-order valence-corrected chi connectivity index (χ4v) is 4.75. The van der Waals surface area contributed by atoms with Crippen molar-refractivity contribution >= 4 is 22.6 Å². The lowest BCUT2D eigenvalue weighted by Gasteiger charge is -2.41. The van der Waals surface area contributed by atoms with E-state index in [2.05, 4.69) is 67.7 Å².